The molecule has 0 saturated carbocycles. The molecule has 0 aliphatic rings. The van der Waals surface area contributed by atoms with Crippen molar-refractivity contribution in [2.75, 3.05) is 18.9 Å². The summed E-state index contributed by atoms with van der Waals surface area (Å²) < 4.78 is 0. The molecule has 0 spiro atoms. The maximum absolute atomic E-state index is 11.8. The lowest BCUT2D eigenvalue weighted by Crippen LogP contribution is -2.34. The summed E-state index contributed by atoms with van der Waals surface area (Å²) in [7, 11) is 1.85. The minimum atomic E-state index is -0.453. The molecule has 0 bridgehead atoms. The van der Waals surface area contributed by atoms with Gasteiger partial charge in [-0.15, -0.1) is 0 Å². The summed E-state index contributed by atoms with van der Waals surface area (Å²) in [5.41, 5.74) is 1.02. The Balaban J connectivity index is 2.75. The minimum Gasteiger partial charge on any atom is -0.325 e. The number of nitro groups is 1. The van der Waals surface area contributed by atoms with Crippen LogP contribution in [0, 0.1) is 17.0 Å². The molecule has 6 heteroatoms. The third-order valence-corrected chi connectivity index (χ3v) is 2.96. The first-order valence-corrected chi connectivity index (χ1v) is 6.06. The Morgan fingerprint density at radius 1 is 1.47 bits per heavy atom. The summed E-state index contributed by atoms with van der Waals surface area (Å²) in [6.07, 6.45) is 0. The number of hydrogen-bond acceptors (Lipinski definition) is 4. The minimum absolute atomic E-state index is 0.00927. The quantitative estimate of drug-likeness (QED) is 0.654. The highest BCUT2D eigenvalue weighted by Crippen LogP contribution is 2.22. The number of hydrogen-bond donors (Lipinski definition) is 1. The van der Waals surface area contributed by atoms with Gasteiger partial charge < -0.3 is 5.32 Å². The molecule has 0 aliphatic heterocycles. The molecule has 0 unspecified atom stereocenters. The zero-order chi connectivity index (χ0) is 14.6. The second-order valence-electron chi connectivity index (χ2n) is 4.82. The molecule has 6 nitrogen and oxygen atoms in total. The van der Waals surface area contributed by atoms with Gasteiger partial charge in [0.15, 0.2) is 0 Å². The summed E-state index contributed by atoms with van der Waals surface area (Å²) in [6.45, 7) is 5.89. The highest BCUT2D eigenvalue weighted by molar-refractivity contribution is 5.92. The van der Waals surface area contributed by atoms with E-state index in [0.717, 1.165) is 0 Å². The smallest absolute Gasteiger partial charge is 0.274 e. The summed E-state index contributed by atoms with van der Waals surface area (Å²) in [5.74, 6) is -0.186. The first-order valence-electron chi connectivity index (χ1n) is 6.06. The molecule has 1 amide bonds. The normalized spacial score (nSPS) is 10.8. The number of aryl methyl sites for hydroxylation is 1. The summed E-state index contributed by atoms with van der Waals surface area (Å²) >= 11 is 0. The van der Waals surface area contributed by atoms with Gasteiger partial charge in [0.05, 0.1) is 11.5 Å². The zero-order valence-corrected chi connectivity index (χ0v) is 11.6. The van der Waals surface area contributed by atoms with E-state index < -0.39 is 4.92 Å². The summed E-state index contributed by atoms with van der Waals surface area (Å²) in [5, 5.41) is 13.5. The fraction of sp³-hybridized carbons (Fsp3) is 0.462. The molecular formula is C13H19N3O3. The number of anilines is 1. The van der Waals surface area contributed by atoms with Crippen molar-refractivity contribution in [3.63, 3.8) is 0 Å². The molecule has 1 rings (SSSR count). The molecular weight excluding hydrogens is 246 g/mol. The van der Waals surface area contributed by atoms with Crippen LogP contribution in [0.2, 0.25) is 0 Å². The lowest BCUT2D eigenvalue weighted by atomic mass is 10.2. The van der Waals surface area contributed by atoms with Crippen LogP contribution in [0.15, 0.2) is 18.2 Å². The Bertz CT molecular complexity index is 486. The van der Waals surface area contributed by atoms with E-state index in [-0.39, 0.29) is 24.2 Å². The number of benzene rings is 1. The van der Waals surface area contributed by atoms with Gasteiger partial charge in [-0.1, -0.05) is 6.07 Å². The van der Waals surface area contributed by atoms with Gasteiger partial charge in [-0.3, -0.25) is 19.8 Å². The zero-order valence-electron chi connectivity index (χ0n) is 11.6. The van der Waals surface area contributed by atoms with Gasteiger partial charge in [-0.2, -0.15) is 0 Å². The van der Waals surface area contributed by atoms with Crippen molar-refractivity contribution in [3.05, 3.63) is 33.9 Å². The largest absolute Gasteiger partial charge is 0.325 e. The van der Waals surface area contributed by atoms with Crippen molar-refractivity contribution in [3.8, 4) is 0 Å². The van der Waals surface area contributed by atoms with Crippen LogP contribution in [-0.4, -0.2) is 35.4 Å². The molecule has 0 atom stereocenters. The number of nitrogens with zero attached hydrogens (tertiary/aromatic N) is 2. The Kier molecular flexibility index (Phi) is 5.00. The second kappa shape index (κ2) is 6.29. The maximum atomic E-state index is 11.8. The Morgan fingerprint density at radius 2 is 2.11 bits per heavy atom. The van der Waals surface area contributed by atoms with Gasteiger partial charge in [-0.05, 0) is 33.9 Å². The van der Waals surface area contributed by atoms with Crippen LogP contribution in [0.5, 0.6) is 0 Å². The fourth-order valence-electron chi connectivity index (χ4n) is 1.49. The van der Waals surface area contributed by atoms with Crippen LogP contribution in [0.4, 0.5) is 11.4 Å². The monoisotopic (exact) mass is 265 g/mol. The molecule has 1 aromatic carbocycles. The number of amides is 1. The second-order valence-corrected chi connectivity index (χ2v) is 4.82. The summed E-state index contributed by atoms with van der Waals surface area (Å²) in [4.78, 5) is 24.0. The number of rotatable bonds is 5. The average molecular weight is 265 g/mol. The number of carbonyl (C=O) groups is 1. The van der Waals surface area contributed by atoms with Crippen LogP contribution < -0.4 is 5.32 Å². The third kappa shape index (κ3) is 4.33. The topological polar surface area (TPSA) is 75.5 Å². The van der Waals surface area contributed by atoms with Crippen LogP contribution >= 0.6 is 0 Å². The average Bonchev–Trinajstić information content (AvgIpc) is 2.30. The lowest BCUT2D eigenvalue weighted by Gasteiger charge is -2.20. The number of carbonyl (C=O) groups excluding carboxylic acids is 1. The van der Waals surface area contributed by atoms with E-state index in [9.17, 15) is 14.9 Å². The van der Waals surface area contributed by atoms with Crippen LogP contribution in [-0.2, 0) is 4.79 Å². The number of nitro benzene ring substituents is 1. The predicted molar refractivity (Wildman–Crippen MR) is 74.2 cm³/mol. The maximum Gasteiger partial charge on any atom is 0.274 e. The van der Waals surface area contributed by atoms with Crippen molar-refractivity contribution in [1.82, 2.24) is 4.90 Å². The van der Waals surface area contributed by atoms with Crippen LogP contribution in [0.3, 0.4) is 0 Å². The van der Waals surface area contributed by atoms with Crippen molar-refractivity contribution in [1.29, 1.82) is 0 Å². The van der Waals surface area contributed by atoms with E-state index in [1.165, 1.54) is 6.07 Å². The standard InChI is InChI=1S/C13H19N3O3/c1-9(2)15(4)8-13(17)14-11-6-5-10(3)12(7-11)16(18)19/h5-7,9H,8H2,1-4H3,(H,14,17). The molecule has 0 heterocycles. The Labute approximate surface area is 112 Å². The van der Waals surface area contributed by atoms with Crippen molar-refractivity contribution in [2.24, 2.45) is 0 Å². The van der Waals surface area contributed by atoms with E-state index in [4.69, 9.17) is 0 Å². The third-order valence-electron chi connectivity index (χ3n) is 2.96. The molecule has 0 radical (unpaired) electrons. The molecule has 19 heavy (non-hydrogen) atoms. The molecule has 0 aliphatic carbocycles. The van der Waals surface area contributed by atoms with Gasteiger partial charge in [0.1, 0.15) is 0 Å². The lowest BCUT2D eigenvalue weighted by molar-refractivity contribution is -0.385. The number of likely N-dealkylation sites (N-methyl/N-ethyl adjacent to an activating group) is 1. The van der Waals surface area contributed by atoms with Gasteiger partial charge in [0.2, 0.25) is 5.91 Å². The van der Waals surface area contributed by atoms with Crippen molar-refractivity contribution < 1.29 is 9.72 Å². The SMILES string of the molecule is Cc1ccc(NC(=O)CN(C)C(C)C)cc1[N+](=O)[O-]. The first kappa shape index (κ1) is 15.1. The van der Waals surface area contributed by atoms with Crippen molar-refractivity contribution >= 4 is 17.3 Å². The highest BCUT2D eigenvalue weighted by atomic mass is 16.6. The van der Waals surface area contributed by atoms with E-state index in [1.54, 1.807) is 19.1 Å². The Hall–Kier alpha value is -1.95. The van der Waals surface area contributed by atoms with Crippen LogP contribution in [0.25, 0.3) is 0 Å². The molecule has 0 fully saturated rings. The molecule has 0 saturated heterocycles. The van der Waals surface area contributed by atoms with Gasteiger partial charge in [0, 0.05) is 23.4 Å². The van der Waals surface area contributed by atoms with E-state index in [2.05, 4.69) is 5.32 Å². The van der Waals surface area contributed by atoms with Gasteiger partial charge in [-0.25, -0.2) is 0 Å². The van der Waals surface area contributed by atoms with Crippen LogP contribution in [0.1, 0.15) is 19.4 Å². The first-order chi connectivity index (χ1) is 8.81. The van der Waals surface area contributed by atoms with Gasteiger partial charge >= 0.3 is 0 Å². The summed E-state index contributed by atoms with van der Waals surface area (Å²) in [6, 6.07) is 4.93. The Morgan fingerprint density at radius 3 is 2.63 bits per heavy atom. The molecule has 0 aromatic heterocycles. The molecule has 104 valence electrons. The van der Waals surface area contributed by atoms with Gasteiger partial charge in [0.25, 0.3) is 5.69 Å². The highest BCUT2D eigenvalue weighted by Gasteiger charge is 2.13. The number of nitrogens with one attached hydrogen (secondary N) is 1. The van der Waals surface area contributed by atoms with Crippen molar-refractivity contribution in [2.45, 2.75) is 26.8 Å². The van der Waals surface area contributed by atoms with E-state index >= 15 is 0 Å². The van der Waals surface area contributed by atoms with E-state index in [0.29, 0.717) is 11.3 Å². The molecule has 1 aromatic rings. The fourth-order valence-corrected chi connectivity index (χ4v) is 1.49. The molecule has 1 N–H and O–H groups in total. The predicted octanol–water partition coefficient (Wildman–Crippen LogP) is 2.18. The van der Waals surface area contributed by atoms with E-state index in [1.807, 2.05) is 25.8 Å².